The molecule has 0 spiro atoms. The molecule has 2 amide bonds. The standard InChI is InChI=1S/C22H26ClN5O2/c1-26(2)22-24-13-17(15-6-3-7-16(23)12-15)21(25-22)18-8-4-11-28(18)20(30)14-27-10-5-9-19(27)29/h3,6-7,12-13,18H,4-5,8-11,14H2,1-2H3/t18-/m0/s1. The zero-order valence-corrected chi connectivity index (χ0v) is 18.1. The maximum Gasteiger partial charge on any atom is 0.242 e. The molecule has 2 aliphatic heterocycles. The number of halogens is 1. The summed E-state index contributed by atoms with van der Waals surface area (Å²) in [4.78, 5) is 39.8. The Morgan fingerprint density at radius 1 is 1.27 bits per heavy atom. The molecule has 158 valence electrons. The molecule has 7 nitrogen and oxygen atoms in total. The minimum Gasteiger partial charge on any atom is -0.347 e. The normalized spacial score (nSPS) is 18.9. The average Bonchev–Trinajstić information content (AvgIpc) is 3.37. The van der Waals surface area contributed by atoms with E-state index in [1.165, 1.54) is 0 Å². The quantitative estimate of drug-likeness (QED) is 0.733. The van der Waals surface area contributed by atoms with Crippen molar-refractivity contribution in [2.75, 3.05) is 38.6 Å². The molecule has 1 atom stereocenters. The first-order valence-corrected chi connectivity index (χ1v) is 10.7. The Hall–Kier alpha value is -2.67. The van der Waals surface area contributed by atoms with Gasteiger partial charge in [0.2, 0.25) is 17.8 Å². The summed E-state index contributed by atoms with van der Waals surface area (Å²) in [5.41, 5.74) is 2.64. The summed E-state index contributed by atoms with van der Waals surface area (Å²) in [6.45, 7) is 1.48. The summed E-state index contributed by atoms with van der Waals surface area (Å²) in [6, 6.07) is 7.46. The van der Waals surface area contributed by atoms with Gasteiger partial charge in [-0.15, -0.1) is 0 Å². The number of amides is 2. The monoisotopic (exact) mass is 427 g/mol. The van der Waals surface area contributed by atoms with E-state index in [0.29, 0.717) is 30.5 Å². The van der Waals surface area contributed by atoms with Crippen LogP contribution in [0.3, 0.4) is 0 Å². The molecule has 4 rings (SSSR count). The summed E-state index contributed by atoms with van der Waals surface area (Å²) in [6.07, 6.45) is 4.91. The summed E-state index contributed by atoms with van der Waals surface area (Å²) in [5.74, 6) is 0.648. The van der Waals surface area contributed by atoms with Crippen molar-refractivity contribution in [3.63, 3.8) is 0 Å². The number of benzene rings is 1. The van der Waals surface area contributed by atoms with E-state index in [4.69, 9.17) is 16.6 Å². The van der Waals surface area contributed by atoms with Crippen molar-refractivity contribution >= 4 is 29.4 Å². The molecule has 2 aliphatic rings. The van der Waals surface area contributed by atoms with Gasteiger partial charge in [-0.2, -0.15) is 0 Å². The molecule has 0 radical (unpaired) electrons. The third kappa shape index (κ3) is 4.12. The molecular formula is C22H26ClN5O2. The summed E-state index contributed by atoms with van der Waals surface area (Å²) >= 11 is 6.23. The summed E-state index contributed by atoms with van der Waals surface area (Å²) < 4.78 is 0. The number of hydrogen-bond acceptors (Lipinski definition) is 5. The predicted molar refractivity (Wildman–Crippen MR) is 116 cm³/mol. The van der Waals surface area contributed by atoms with E-state index in [2.05, 4.69) is 4.98 Å². The molecule has 2 fully saturated rings. The molecule has 0 bridgehead atoms. The molecule has 2 saturated heterocycles. The second-order valence-electron chi connectivity index (χ2n) is 8.04. The molecule has 0 aliphatic carbocycles. The summed E-state index contributed by atoms with van der Waals surface area (Å²) in [7, 11) is 3.80. The minimum atomic E-state index is -0.147. The van der Waals surface area contributed by atoms with Crippen LogP contribution in [0.15, 0.2) is 30.5 Å². The highest BCUT2D eigenvalue weighted by Crippen LogP contribution is 2.37. The molecule has 30 heavy (non-hydrogen) atoms. The molecule has 0 N–H and O–H groups in total. The largest absolute Gasteiger partial charge is 0.347 e. The first-order chi connectivity index (χ1) is 14.4. The maximum absolute atomic E-state index is 13.1. The number of hydrogen-bond donors (Lipinski definition) is 0. The highest BCUT2D eigenvalue weighted by atomic mass is 35.5. The molecular weight excluding hydrogens is 402 g/mol. The number of nitrogens with zero attached hydrogens (tertiary/aromatic N) is 5. The fourth-order valence-corrected chi connectivity index (χ4v) is 4.40. The van der Waals surface area contributed by atoms with Gasteiger partial charge in [-0.1, -0.05) is 23.7 Å². The van der Waals surface area contributed by atoms with Gasteiger partial charge in [-0.25, -0.2) is 9.97 Å². The predicted octanol–water partition coefficient (Wildman–Crippen LogP) is 3.15. The topological polar surface area (TPSA) is 69.6 Å². The van der Waals surface area contributed by atoms with E-state index in [-0.39, 0.29) is 24.4 Å². The Morgan fingerprint density at radius 2 is 2.10 bits per heavy atom. The molecule has 3 heterocycles. The molecule has 0 saturated carbocycles. The van der Waals surface area contributed by atoms with E-state index in [0.717, 1.165) is 36.1 Å². The molecule has 1 aromatic carbocycles. The van der Waals surface area contributed by atoms with Crippen LogP contribution in [-0.2, 0) is 9.59 Å². The fourth-order valence-electron chi connectivity index (χ4n) is 4.21. The van der Waals surface area contributed by atoms with Gasteiger partial charge in [0, 0.05) is 50.4 Å². The van der Waals surface area contributed by atoms with Crippen molar-refractivity contribution in [3.8, 4) is 11.1 Å². The Bertz CT molecular complexity index is 964. The molecule has 8 heteroatoms. The van der Waals surface area contributed by atoms with Crippen LogP contribution in [0.5, 0.6) is 0 Å². The number of anilines is 1. The fraction of sp³-hybridized carbons (Fsp3) is 0.455. The number of carbonyl (C=O) groups is 2. The second kappa shape index (κ2) is 8.60. The SMILES string of the molecule is CN(C)c1ncc(-c2cccc(Cl)c2)c([C@@H]2CCCN2C(=O)CN2CCCC2=O)n1. The lowest BCUT2D eigenvalue weighted by atomic mass is 10.00. The lowest BCUT2D eigenvalue weighted by Gasteiger charge is -2.28. The maximum atomic E-state index is 13.1. The van der Waals surface area contributed by atoms with Crippen LogP contribution in [0.1, 0.15) is 37.4 Å². The highest BCUT2D eigenvalue weighted by Gasteiger charge is 2.35. The summed E-state index contributed by atoms with van der Waals surface area (Å²) in [5, 5.41) is 0.641. The van der Waals surface area contributed by atoms with Crippen molar-refractivity contribution in [1.82, 2.24) is 19.8 Å². The van der Waals surface area contributed by atoms with Gasteiger partial charge >= 0.3 is 0 Å². The average molecular weight is 428 g/mol. The van der Waals surface area contributed by atoms with E-state index >= 15 is 0 Å². The minimum absolute atomic E-state index is 0.0187. The smallest absolute Gasteiger partial charge is 0.242 e. The lowest BCUT2D eigenvalue weighted by molar-refractivity contribution is -0.139. The van der Waals surface area contributed by atoms with E-state index in [9.17, 15) is 9.59 Å². The van der Waals surface area contributed by atoms with Crippen LogP contribution in [-0.4, -0.2) is 65.3 Å². The zero-order valence-electron chi connectivity index (χ0n) is 17.3. The van der Waals surface area contributed by atoms with Crippen LogP contribution < -0.4 is 4.90 Å². The highest BCUT2D eigenvalue weighted by molar-refractivity contribution is 6.30. The first kappa shape index (κ1) is 20.6. The third-order valence-corrected chi connectivity index (χ3v) is 5.96. The third-order valence-electron chi connectivity index (χ3n) is 5.73. The van der Waals surface area contributed by atoms with E-state index < -0.39 is 0 Å². The van der Waals surface area contributed by atoms with Crippen LogP contribution in [0, 0.1) is 0 Å². The van der Waals surface area contributed by atoms with Crippen LogP contribution in [0.25, 0.3) is 11.1 Å². The van der Waals surface area contributed by atoms with Crippen molar-refractivity contribution in [2.24, 2.45) is 0 Å². The zero-order chi connectivity index (χ0) is 21.3. The van der Waals surface area contributed by atoms with Gasteiger partial charge in [0.25, 0.3) is 0 Å². The van der Waals surface area contributed by atoms with Gasteiger partial charge in [-0.3, -0.25) is 9.59 Å². The number of likely N-dealkylation sites (tertiary alicyclic amines) is 2. The Kier molecular flexibility index (Phi) is 5.90. The Balaban J connectivity index is 1.69. The van der Waals surface area contributed by atoms with Crippen molar-refractivity contribution in [2.45, 2.75) is 31.7 Å². The van der Waals surface area contributed by atoms with Crippen molar-refractivity contribution < 1.29 is 9.59 Å². The molecule has 2 aromatic rings. The second-order valence-corrected chi connectivity index (χ2v) is 8.47. The first-order valence-electron chi connectivity index (χ1n) is 10.3. The van der Waals surface area contributed by atoms with Crippen LogP contribution >= 0.6 is 11.6 Å². The van der Waals surface area contributed by atoms with Crippen molar-refractivity contribution in [1.29, 1.82) is 0 Å². The van der Waals surface area contributed by atoms with E-state index in [1.54, 1.807) is 4.90 Å². The molecule has 0 unspecified atom stereocenters. The van der Waals surface area contributed by atoms with Gasteiger partial charge in [0.15, 0.2) is 0 Å². The number of rotatable bonds is 5. The number of aromatic nitrogens is 2. The van der Waals surface area contributed by atoms with Crippen LogP contribution in [0.4, 0.5) is 5.95 Å². The van der Waals surface area contributed by atoms with Crippen molar-refractivity contribution in [3.05, 3.63) is 41.2 Å². The van der Waals surface area contributed by atoms with Gasteiger partial charge < -0.3 is 14.7 Å². The van der Waals surface area contributed by atoms with Crippen LogP contribution in [0.2, 0.25) is 5.02 Å². The van der Waals surface area contributed by atoms with E-state index in [1.807, 2.05) is 54.4 Å². The molecule has 1 aromatic heterocycles. The van der Waals surface area contributed by atoms with Gasteiger partial charge in [0.05, 0.1) is 18.3 Å². The van der Waals surface area contributed by atoms with Gasteiger partial charge in [-0.05, 0) is 37.0 Å². The van der Waals surface area contributed by atoms with Gasteiger partial charge in [0.1, 0.15) is 0 Å². The number of carbonyl (C=O) groups excluding carboxylic acids is 2. The Morgan fingerprint density at radius 3 is 2.80 bits per heavy atom. The Labute approximate surface area is 181 Å². The lowest BCUT2D eigenvalue weighted by Crippen LogP contribution is -2.40.